The van der Waals surface area contributed by atoms with Crippen LogP contribution in [0, 0.1) is 11.8 Å². The van der Waals surface area contributed by atoms with Crippen molar-refractivity contribution in [3.8, 4) is 0 Å². The van der Waals surface area contributed by atoms with Gasteiger partial charge < -0.3 is 4.74 Å². The zero-order valence-corrected chi connectivity index (χ0v) is 9.88. The Kier molecular flexibility index (Phi) is 2.88. The van der Waals surface area contributed by atoms with Gasteiger partial charge in [0.25, 0.3) is 0 Å². The highest BCUT2D eigenvalue weighted by molar-refractivity contribution is 4.88. The summed E-state index contributed by atoms with van der Waals surface area (Å²) in [6.07, 6.45) is 9.12. The average Bonchev–Trinajstić information content (AvgIpc) is 1.99. The minimum atomic E-state index is 0.0514. The molecule has 2 rings (SSSR count). The molecule has 0 N–H and O–H groups in total. The summed E-state index contributed by atoms with van der Waals surface area (Å²) in [6.45, 7) is 6.58. The molecule has 1 nitrogen and oxygen atoms in total. The van der Waals surface area contributed by atoms with Crippen LogP contribution in [0.5, 0.6) is 0 Å². The van der Waals surface area contributed by atoms with Crippen LogP contribution < -0.4 is 0 Å². The zero-order chi connectivity index (χ0) is 10.2. The first-order valence-electron chi connectivity index (χ1n) is 6.24. The fourth-order valence-corrected chi connectivity index (χ4v) is 3.22. The minimum absolute atomic E-state index is 0.0514. The van der Waals surface area contributed by atoms with Gasteiger partial charge in [0.15, 0.2) is 0 Å². The first-order valence-corrected chi connectivity index (χ1v) is 6.24. The maximum Gasteiger partial charge on any atom is 0.0638 e. The Labute approximate surface area is 88.2 Å². The molecule has 0 aromatic heterocycles. The topological polar surface area (TPSA) is 9.23 Å². The molecule has 0 unspecified atom stereocenters. The predicted molar refractivity (Wildman–Crippen MR) is 59.3 cm³/mol. The molecule has 0 heterocycles. The van der Waals surface area contributed by atoms with E-state index >= 15 is 0 Å². The van der Waals surface area contributed by atoms with E-state index in [0.29, 0.717) is 6.10 Å². The van der Waals surface area contributed by atoms with E-state index in [-0.39, 0.29) is 5.60 Å². The number of ether oxygens (including phenoxy) is 1. The van der Waals surface area contributed by atoms with Crippen molar-refractivity contribution in [2.45, 2.75) is 71.0 Å². The lowest BCUT2D eigenvalue weighted by Crippen LogP contribution is -2.43. The monoisotopic (exact) mass is 196 g/mol. The summed E-state index contributed by atoms with van der Waals surface area (Å²) in [6, 6.07) is 0. The first kappa shape index (κ1) is 10.5. The van der Waals surface area contributed by atoms with Gasteiger partial charge in [-0.05, 0) is 58.3 Å². The molecule has 2 aliphatic rings. The SMILES string of the molecule is CC(C)(C)OC1C2CCCC1CCC2. The molecular formula is C13H24O. The molecule has 0 spiro atoms. The molecule has 0 atom stereocenters. The van der Waals surface area contributed by atoms with E-state index in [4.69, 9.17) is 4.74 Å². The third kappa shape index (κ3) is 2.31. The van der Waals surface area contributed by atoms with Crippen molar-refractivity contribution in [2.24, 2.45) is 11.8 Å². The van der Waals surface area contributed by atoms with E-state index in [1.54, 1.807) is 0 Å². The van der Waals surface area contributed by atoms with E-state index in [1.807, 2.05) is 0 Å². The third-order valence-electron chi connectivity index (χ3n) is 3.72. The maximum atomic E-state index is 6.25. The lowest BCUT2D eigenvalue weighted by atomic mass is 9.70. The van der Waals surface area contributed by atoms with Gasteiger partial charge in [0.1, 0.15) is 0 Å². The standard InChI is InChI=1S/C13H24O/c1-13(2,3)14-12-10-6-4-7-11(12)9-5-8-10/h10-12H,4-9H2,1-3H3. The fourth-order valence-electron chi connectivity index (χ4n) is 3.22. The molecular weight excluding hydrogens is 172 g/mol. The number of fused-ring (bicyclic) bond motifs is 2. The van der Waals surface area contributed by atoms with Gasteiger partial charge in [0.2, 0.25) is 0 Å². The molecule has 0 saturated heterocycles. The second-order valence-corrected chi connectivity index (χ2v) is 6.08. The van der Waals surface area contributed by atoms with Gasteiger partial charge in [-0.3, -0.25) is 0 Å². The largest absolute Gasteiger partial charge is 0.372 e. The summed E-state index contributed by atoms with van der Waals surface area (Å²) in [5.74, 6) is 1.75. The molecule has 0 aliphatic heterocycles. The second kappa shape index (κ2) is 3.84. The van der Waals surface area contributed by atoms with Gasteiger partial charge in [-0.25, -0.2) is 0 Å². The summed E-state index contributed by atoms with van der Waals surface area (Å²) in [7, 11) is 0. The molecule has 0 amide bonds. The lowest BCUT2D eigenvalue weighted by Gasteiger charge is -2.45. The van der Waals surface area contributed by atoms with Crippen LogP contribution >= 0.6 is 0 Å². The van der Waals surface area contributed by atoms with Crippen LogP contribution in [0.15, 0.2) is 0 Å². The molecule has 0 aromatic carbocycles. The summed E-state index contributed by atoms with van der Waals surface area (Å²) >= 11 is 0. The van der Waals surface area contributed by atoms with Crippen LogP contribution in [-0.2, 0) is 4.74 Å². The highest BCUT2D eigenvalue weighted by atomic mass is 16.5. The molecule has 2 bridgehead atoms. The molecule has 82 valence electrons. The van der Waals surface area contributed by atoms with Gasteiger partial charge >= 0.3 is 0 Å². The smallest absolute Gasteiger partial charge is 0.0638 e. The first-order chi connectivity index (χ1) is 6.56. The summed E-state index contributed by atoms with van der Waals surface area (Å²) in [5.41, 5.74) is 0.0514. The van der Waals surface area contributed by atoms with Crippen molar-refractivity contribution < 1.29 is 4.74 Å². The van der Waals surface area contributed by atoms with Gasteiger partial charge in [-0.2, -0.15) is 0 Å². The summed E-state index contributed by atoms with van der Waals surface area (Å²) in [5, 5.41) is 0. The van der Waals surface area contributed by atoms with Crippen molar-refractivity contribution in [2.75, 3.05) is 0 Å². The van der Waals surface area contributed by atoms with E-state index < -0.39 is 0 Å². The van der Waals surface area contributed by atoms with Gasteiger partial charge in [-0.1, -0.05) is 12.8 Å². The Morgan fingerprint density at radius 3 is 1.64 bits per heavy atom. The highest BCUT2D eigenvalue weighted by Gasteiger charge is 2.38. The molecule has 0 radical (unpaired) electrons. The Morgan fingerprint density at radius 2 is 1.29 bits per heavy atom. The van der Waals surface area contributed by atoms with Crippen LogP contribution in [0.1, 0.15) is 59.3 Å². The number of hydrogen-bond acceptors (Lipinski definition) is 1. The van der Waals surface area contributed by atoms with E-state index in [1.165, 1.54) is 38.5 Å². The van der Waals surface area contributed by atoms with E-state index in [9.17, 15) is 0 Å². The van der Waals surface area contributed by atoms with Crippen molar-refractivity contribution in [3.63, 3.8) is 0 Å². The van der Waals surface area contributed by atoms with Crippen molar-refractivity contribution in [1.82, 2.24) is 0 Å². The van der Waals surface area contributed by atoms with Crippen molar-refractivity contribution >= 4 is 0 Å². The number of hydrogen-bond donors (Lipinski definition) is 0. The quantitative estimate of drug-likeness (QED) is 0.620. The molecule has 1 heteroatoms. The molecule has 14 heavy (non-hydrogen) atoms. The second-order valence-electron chi connectivity index (χ2n) is 6.08. The number of rotatable bonds is 1. The Morgan fingerprint density at radius 1 is 0.857 bits per heavy atom. The Balaban J connectivity index is 2.01. The summed E-state index contributed by atoms with van der Waals surface area (Å²) < 4.78 is 6.25. The summed E-state index contributed by atoms with van der Waals surface area (Å²) in [4.78, 5) is 0. The Hall–Kier alpha value is -0.0400. The highest BCUT2D eigenvalue weighted by Crippen LogP contribution is 2.43. The van der Waals surface area contributed by atoms with Crippen molar-refractivity contribution in [1.29, 1.82) is 0 Å². The van der Waals surface area contributed by atoms with Crippen LogP contribution in [0.3, 0.4) is 0 Å². The maximum absolute atomic E-state index is 6.25. The molecule has 2 aliphatic carbocycles. The van der Waals surface area contributed by atoms with Crippen LogP contribution in [0.25, 0.3) is 0 Å². The van der Waals surface area contributed by atoms with Gasteiger partial charge in [0, 0.05) is 0 Å². The van der Waals surface area contributed by atoms with Gasteiger partial charge in [-0.15, -0.1) is 0 Å². The molecule has 2 saturated carbocycles. The molecule has 0 aromatic rings. The van der Waals surface area contributed by atoms with Crippen molar-refractivity contribution in [3.05, 3.63) is 0 Å². The van der Waals surface area contributed by atoms with Crippen LogP contribution in [0.2, 0.25) is 0 Å². The van der Waals surface area contributed by atoms with E-state index in [2.05, 4.69) is 20.8 Å². The van der Waals surface area contributed by atoms with Crippen LogP contribution in [-0.4, -0.2) is 11.7 Å². The third-order valence-corrected chi connectivity index (χ3v) is 3.72. The fraction of sp³-hybridized carbons (Fsp3) is 1.00. The van der Waals surface area contributed by atoms with Gasteiger partial charge in [0.05, 0.1) is 11.7 Å². The Bertz CT molecular complexity index is 170. The normalized spacial score (nSPS) is 38.4. The zero-order valence-electron chi connectivity index (χ0n) is 9.88. The average molecular weight is 196 g/mol. The van der Waals surface area contributed by atoms with E-state index in [0.717, 1.165) is 11.8 Å². The van der Waals surface area contributed by atoms with Crippen LogP contribution in [0.4, 0.5) is 0 Å². The predicted octanol–water partition coefficient (Wildman–Crippen LogP) is 3.77. The molecule has 2 fully saturated rings. The minimum Gasteiger partial charge on any atom is -0.372 e. The lowest BCUT2D eigenvalue weighted by molar-refractivity contribution is -0.137.